The lowest BCUT2D eigenvalue weighted by molar-refractivity contribution is -0.136. The van der Waals surface area contributed by atoms with Gasteiger partial charge in [-0.05, 0) is 36.6 Å². The first-order chi connectivity index (χ1) is 12.0. The number of hydrogen-bond donors (Lipinski definition) is 1. The summed E-state index contributed by atoms with van der Waals surface area (Å²) in [5.41, 5.74) is 3.59. The maximum Gasteiger partial charge on any atom is 0.307 e. The molecule has 1 aliphatic carbocycles. The Bertz CT molecular complexity index is 957. The van der Waals surface area contributed by atoms with Crippen molar-refractivity contribution < 1.29 is 9.90 Å². The fourth-order valence-electron chi connectivity index (χ4n) is 3.14. The Balaban J connectivity index is 1.82. The van der Waals surface area contributed by atoms with E-state index in [1.165, 1.54) is 0 Å². The zero-order valence-corrected chi connectivity index (χ0v) is 14.9. The molecule has 0 unspecified atom stereocenters. The predicted octanol–water partition coefficient (Wildman–Crippen LogP) is 4.90. The van der Waals surface area contributed by atoms with Crippen molar-refractivity contribution in [2.75, 3.05) is 0 Å². The van der Waals surface area contributed by atoms with Crippen LogP contribution < -0.4 is 0 Å². The van der Waals surface area contributed by atoms with Gasteiger partial charge in [0, 0.05) is 26.9 Å². The molecule has 1 N–H and O–H groups in total. The van der Waals surface area contributed by atoms with Crippen LogP contribution >= 0.6 is 23.2 Å². The molecule has 0 aliphatic heterocycles. The van der Waals surface area contributed by atoms with E-state index in [0.29, 0.717) is 22.5 Å². The maximum atomic E-state index is 11.0. The van der Waals surface area contributed by atoms with E-state index >= 15 is 0 Å². The van der Waals surface area contributed by atoms with Crippen LogP contribution in [0.1, 0.15) is 35.6 Å². The Labute approximate surface area is 155 Å². The molecule has 0 bridgehead atoms. The second kappa shape index (κ2) is 6.36. The molecule has 25 heavy (non-hydrogen) atoms. The van der Waals surface area contributed by atoms with E-state index in [1.54, 1.807) is 0 Å². The van der Waals surface area contributed by atoms with E-state index in [1.807, 2.05) is 41.1 Å². The molecule has 0 radical (unpaired) electrons. The number of nitrogens with zero attached hydrogens (tertiary/aromatic N) is 2. The van der Waals surface area contributed by atoms with E-state index < -0.39 is 5.97 Å². The number of rotatable bonds is 5. The molecular weight excluding hydrogens is 359 g/mol. The lowest BCUT2D eigenvalue weighted by atomic mass is 10.1. The Hall–Kier alpha value is -2.04. The van der Waals surface area contributed by atoms with Crippen LogP contribution in [0.25, 0.3) is 10.9 Å². The summed E-state index contributed by atoms with van der Waals surface area (Å²) in [5.74, 6) is -0.349. The second-order valence-corrected chi connectivity index (χ2v) is 7.25. The summed E-state index contributed by atoms with van der Waals surface area (Å²) in [6.45, 7) is 0.457. The minimum atomic E-state index is -0.845. The fraction of sp³-hybridized carbons (Fsp3) is 0.263. The molecule has 1 fully saturated rings. The van der Waals surface area contributed by atoms with Gasteiger partial charge in [-0.3, -0.25) is 9.48 Å². The van der Waals surface area contributed by atoms with Gasteiger partial charge in [-0.25, -0.2) is 0 Å². The van der Waals surface area contributed by atoms with Crippen LogP contribution in [0.3, 0.4) is 0 Å². The molecule has 4 nitrogen and oxygen atoms in total. The van der Waals surface area contributed by atoms with Crippen LogP contribution in [0, 0.1) is 0 Å². The van der Waals surface area contributed by atoms with Gasteiger partial charge in [-0.15, -0.1) is 0 Å². The van der Waals surface area contributed by atoms with Crippen molar-refractivity contribution in [3.05, 3.63) is 63.3 Å². The molecule has 128 valence electrons. The summed E-state index contributed by atoms with van der Waals surface area (Å²) in [5, 5.41) is 16.2. The first kappa shape index (κ1) is 16.4. The molecule has 2 aromatic carbocycles. The van der Waals surface area contributed by atoms with E-state index in [9.17, 15) is 4.79 Å². The lowest BCUT2D eigenvalue weighted by Gasteiger charge is -2.08. The summed E-state index contributed by atoms with van der Waals surface area (Å²) >= 11 is 12.6. The minimum Gasteiger partial charge on any atom is -0.481 e. The summed E-state index contributed by atoms with van der Waals surface area (Å²) in [6.07, 6.45) is 2.29. The van der Waals surface area contributed by atoms with Crippen molar-refractivity contribution >= 4 is 40.1 Å². The average molecular weight is 375 g/mol. The number of halogens is 2. The Morgan fingerprint density at radius 2 is 1.92 bits per heavy atom. The minimum absolute atomic E-state index is 0.00721. The molecule has 6 heteroatoms. The first-order valence-electron chi connectivity index (χ1n) is 8.17. The van der Waals surface area contributed by atoms with Crippen LogP contribution in [-0.2, 0) is 17.8 Å². The topological polar surface area (TPSA) is 55.1 Å². The van der Waals surface area contributed by atoms with Gasteiger partial charge in [0.05, 0.1) is 24.2 Å². The first-order valence-corrected chi connectivity index (χ1v) is 8.92. The number of aromatic nitrogens is 2. The summed E-state index contributed by atoms with van der Waals surface area (Å²) < 4.78 is 1.89. The fourth-order valence-corrected chi connectivity index (χ4v) is 3.66. The standard InChI is InChI=1S/C19H16Cl2N2O2/c20-15-2-1-3-16(21)14(15)10-23-17-8-11(9-18(24)25)4-7-13(17)19(22-23)12-5-6-12/h1-4,7-8,12H,5-6,9-10H2,(H,24,25). The normalized spacial score (nSPS) is 14.2. The highest BCUT2D eigenvalue weighted by molar-refractivity contribution is 6.36. The Kier molecular flexibility index (Phi) is 4.18. The van der Waals surface area contributed by atoms with Gasteiger partial charge in [0.25, 0.3) is 0 Å². The highest BCUT2D eigenvalue weighted by Crippen LogP contribution is 2.42. The predicted molar refractivity (Wildman–Crippen MR) is 98.6 cm³/mol. The third-order valence-corrected chi connectivity index (χ3v) is 5.24. The molecule has 0 amide bonds. The molecule has 0 saturated heterocycles. The van der Waals surface area contributed by atoms with E-state index in [2.05, 4.69) is 0 Å². The van der Waals surface area contributed by atoms with E-state index in [0.717, 1.165) is 40.6 Å². The van der Waals surface area contributed by atoms with E-state index in [4.69, 9.17) is 33.4 Å². The largest absolute Gasteiger partial charge is 0.481 e. The lowest BCUT2D eigenvalue weighted by Crippen LogP contribution is -2.04. The summed E-state index contributed by atoms with van der Waals surface area (Å²) in [6, 6.07) is 11.2. The highest BCUT2D eigenvalue weighted by atomic mass is 35.5. The van der Waals surface area contributed by atoms with Gasteiger partial charge in [-0.2, -0.15) is 5.10 Å². The zero-order valence-electron chi connectivity index (χ0n) is 13.4. The molecule has 0 spiro atoms. The molecule has 1 heterocycles. The van der Waals surface area contributed by atoms with Crippen LogP contribution in [0.5, 0.6) is 0 Å². The number of carboxylic acid groups (broad SMARTS) is 1. The monoisotopic (exact) mass is 374 g/mol. The zero-order chi connectivity index (χ0) is 17.6. The number of aliphatic carboxylic acids is 1. The van der Waals surface area contributed by atoms with Gasteiger partial charge in [0.1, 0.15) is 0 Å². The average Bonchev–Trinajstić information content (AvgIpc) is 3.34. The van der Waals surface area contributed by atoms with Crippen molar-refractivity contribution in [1.29, 1.82) is 0 Å². The van der Waals surface area contributed by atoms with Gasteiger partial charge in [-0.1, -0.05) is 41.4 Å². The molecule has 4 rings (SSSR count). The second-order valence-electron chi connectivity index (χ2n) is 6.44. The molecular formula is C19H16Cl2N2O2. The number of carbonyl (C=O) groups is 1. The van der Waals surface area contributed by atoms with Crippen LogP contribution in [-0.4, -0.2) is 20.9 Å². The smallest absolute Gasteiger partial charge is 0.307 e. The number of fused-ring (bicyclic) bond motifs is 1. The highest BCUT2D eigenvalue weighted by Gasteiger charge is 2.29. The number of benzene rings is 2. The number of carboxylic acids is 1. The Morgan fingerprint density at radius 1 is 1.20 bits per heavy atom. The van der Waals surface area contributed by atoms with Crippen molar-refractivity contribution in [3.8, 4) is 0 Å². The van der Waals surface area contributed by atoms with Gasteiger partial charge < -0.3 is 5.11 Å². The number of hydrogen-bond acceptors (Lipinski definition) is 2. The maximum absolute atomic E-state index is 11.0. The van der Waals surface area contributed by atoms with Crippen molar-refractivity contribution in [2.45, 2.75) is 31.7 Å². The molecule has 1 aromatic heterocycles. The van der Waals surface area contributed by atoms with Crippen molar-refractivity contribution in [3.63, 3.8) is 0 Å². The third kappa shape index (κ3) is 3.24. The van der Waals surface area contributed by atoms with E-state index in [-0.39, 0.29) is 6.42 Å². The summed E-state index contributed by atoms with van der Waals surface area (Å²) in [4.78, 5) is 11.0. The third-order valence-electron chi connectivity index (χ3n) is 4.53. The van der Waals surface area contributed by atoms with Gasteiger partial charge >= 0.3 is 5.97 Å². The molecule has 1 aliphatic rings. The SMILES string of the molecule is O=C(O)Cc1ccc2c(C3CC3)nn(Cc3c(Cl)cccc3Cl)c2c1. The van der Waals surface area contributed by atoms with Crippen LogP contribution in [0.4, 0.5) is 0 Å². The van der Waals surface area contributed by atoms with Gasteiger partial charge in [0.15, 0.2) is 0 Å². The van der Waals surface area contributed by atoms with Crippen LogP contribution in [0.2, 0.25) is 10.0 Å². The quantitative estimate of drug-likeness (QED) is 0.690. The summed E-state index contributed by atoms with van der Waals surface area (Å²) in [7, 11) is 0. The van der Waals surface area contributed by atoms with Gasteiger partial charge in [0.2, 0.25) is 0 Å². The Morgan fingerprint density at radius 3 is 2.56 bits per heavy atom. The van der Waals surface area contributed by atoms with Crippen molar-refractivity contribution in [2.24, 2.45) is 0 Å². The molecule has 0 atom stereocenters. The molecule has 1 saturated carbocycles. The van der Waals surface area contributed by atoms with Crippen molar-refractivity contribution in [1.82, 2.24) is 9.78 Å². The van der Waals surface area contributed by atoms with Crippen LogP contribution in [0.15, 0.2) is 36.4 Å². The molecule has 3 aromatic rings.